The van der Waals surface area contributed by atoms with Crippen molar-refractivity contribution < 1.29 is 4.39 Å². The number of rotatable bonds is 5. The average Bonchev–Trinajstić information content (AvgIpc) is 3.79. The van der Waals surface area contributed by atoms with Gasteiger partial charge in [0.25, 0.3) is 11.1 Å². The Kier molecular flexibility index (Phi) is 7.25. The Labute approximate surface area is 299 Å². The molecule has 0 atom stereocenters. The molecule has 0 radical (unpaired) electrons. The van der Waals surface area contributed by atoms with Crippen LogP contribution in [0.5, 0.6) is 0 Å². The molecule has 0 saturated heterocycles. The first-order valence-corrected chi connectivity index (χ1v) is 16.9. The van der Waals surface area contributed by atoms with Gasteiger partial charge in [0, 0.05) is 76.6 Å². The van der Waals surface area contributed by atoms with E-state index in [0.29, 0.717) is 28.8 Å². The summed E-state index contributed by atoms with van der Waals surface area (Å²) in [6.45, 7) is 4.04. The number of fused-ring (bicyclic) bond motifs is 6. The van der Waals surface area contributed by atoms with Gasteiger partial charge < -0.3 is 9.55 Å². The van der Waals surface area contributed by atoms with E-state index >= 15 is 0 Å². The molecule has 252 valence electrons. The van der Waals surface area contributed by atoms with Crippen LogP contribution in [0.3, 0.4) is 0 Å². The van der Waals surface area contributed by atoms with Gasteiger partial charge in [-0.3, -0.25) is 23.7 Å². The molecule has 0 unspecified atom stereocenters. The number of H-pyrrole nitrogens is 1. The van der Waals surface area contributed by atoms with E-state index in [9.17, 15) is 14.0 Å². The quantitative estimate of drug-likeness (QED) is 0.144. The van der Waals surface area contributed by atoms with Crippen molar-refractivity contribution in [2.75, 3.05) is 0 Å². The fourth-order valence-electron chi connectivity index (χ4n) is 6.88. The van der Waals surface area contributed by atoms with Crippen molar-refractivity contribution in [1.82, 2.24) is 33.6 Å². The van der Waals surface area contributed by atoms with Crippen LogP contribution in [0.15, 0.2) is 136 Å². The zero-order chi connectivity index (χ0) is 35.7. The summed E-state index contributed by atoms with van der Waals surface area (Å²) in [4.78, 5) is 44.5. The molecule has 6 heterocycles. The number of pyridine rings is 4. The number of imidazole rings is 1. The lowest BCUT2D eigenvalue weighted by Crippen LogP contribution is -2.20. The van der Waals surface area contributed by atoms with Crippen LogP contribution in [-0.2, 0) is 6.42 Å². The monoisotopic (exact) mass is 703 g/mol. The fraction of sp³-hybridized carbons (Fsp3) is 0.0732. The molecule has 6 aromatic heterocycles. The highest BCUT2D eigenvalue weighted by Gasteiger charge is 2.18. The summed E-state index contributed by atoms with van der Waals surface area (Å²) in [6, 6.07) is 16.7. The van der Waals surface area contributed by atoms with E-state index < -0.39 is 5.82 Å². The first kappa shape index (κ1) is 31.4. The molecular formula is C41H27ClFN7O2. The molecule has 9 rings (SSSR count). The lowest BCUT2D eigenvalue weighted by atomic mass is 10.0. The van der Waals surface area contributed by atoms with Gasteiger partial charge in [-0.1, -0.05) is 11.6 Å². The molecule has 0 amide bonds. The van der Waals surface area contributed by atoms with Crippen molar-refractivity contribution in [3.05, 3.63) is 170 Å². The van der Waals surface area contributed by atoms with Crippen molar-refractivity contribution in [3.8, 4) is 11.4 Å². The van der Waals surface area contributed by atoms with E-state index in [2.05, 4.69) is 20.7 Å². The molecule has 0 saturated carbocycles. The molecular weight excluding hydrogens is 677 g/mol. The molecule has 52 heavy (non-hydrogen) atoms. The molecule has 0 bridgehead atoms. The zero-order valence-corrected chi connectivity index (χ0v) is 28.6. The maximum Gasteiger partial charge on any atom is 0.255 e. The summed E-state index contributed by atoms with van der Waals surface area (Å²) in [5, 5.41) is 3.04. The van der Waals surface area contributed by atoms with Gasteiger partial charge in [-0.2, -0.15) is 0 Å². The third-order valence-electron chi connectivity index (χ3n) is 9.59. The number of halogens is 2. The first-order chi connectivity index (χ1) is 25.2. The summed E-state index contributed by atoms with van der Waals surface area (Å²) in [7, 11) is 0. The van der Waals surface area contributed by atoms with Crippen molar-refractivity contribution in [2.45, 2.75) is 20.3 Å². The lowest BCUT2D eigenvalue weighted by Gasteiger charge is -2.15. The van der Waals surface area contributed by atoms with Crippen LogP contribution < -0.4 is 11.1 Å². The SMILES string of the molecule is CC1=C(C)C=C(n2c(=O)cc(Cc3cn(-c4ccc5ncc6ccc(=O)n(-c7ccc(F)c(Cl)c7)c6c5c4)cn3)c3cnc4[nH]ccc4c32)C=C=C1. The molecule has 1 aliphatic carbocycles. The van der Waals surface area contributed by atoms with Crippen molar-refractivity contribution in [3.63, 3.8) is 0 Å². The third kappa shape index (κ3) is 5.12. The maximum absolute atomic E-state index is 14.1. The summed E-state index contributed by atoms with van der Waals surface area (Å²) >= 11 is 6.13. The molecule has 11 heteroatoms. The summed E-state index contributed by atoms with van der Waals surface area (Å²) in [5.41, 5.74) is 11.1. The number of aromatic amines is 1. The number of benzene rings is 2. The van der Waals surface area contributed by atoms with E-state index in [1.54, 1.807) is 35.4 Å². The average molecular weight is 704 g/mol. The fourth-order valence-corrected chi connectivity index (χ4v) is 7.05. The Hall–Kier alpha value is -6.61. The van der Waals surface area contributed by atoms with Gasteiger partial charge in [0.05, 0.1) is 45.0 Å². The second kappa shape index (κ2) is 12.0. The van der Waals surface area contributed by atoms with Crippen molar-refractivity contribution in [1.29, 1.82) is 0 Å². The molecule has 1 N–H and O–H groups in total. The molecule has 0 fully saturated rings. The van der Waals surface area contributed by atoms with E-state index in [1.807, 2.05) is 73.3 Å². The zero-order valence-electron chi connectivity index (χ0n) is 27.9. The van der Waals surface area contributed by atoms with E-state index in [0.717, 1.165) is 60.8 Å². The van der Waals surface area contributed by atoms with Crippen LogP contribution in [0.2, 0.25) is 5.02 Å². The molecule has 0 aliphatic heterocycles. The van der Waals surface area contributed by atoms with Crippen molar-refractivity contribution >= 4 is 61.0 Å². The van der Waals surface area contributed by atoms with Crippen LogP contribution in [0.25, 0.3) is 60.8 Å². The smallest absolute Gasteiger partial charge is 0.255 e. The van der Waals surface area contributed by atoms with Gasteiger partial charge in [-0.25, -0.2) is 14.4 Å². The predicted octanol–water partition coefficient (Wildman–Crippen LogP) is 8.20. The van der Waals surface area contributed by atoms with E-state index in [1.165, 1.54) is 28.8 Å². The predicted molar refractivity (Wildman–Crippen MR) is 203 cm³/mol. The Morgan fingerprint density at radius 1 is 0.808 bits per heavy atom. The van der Waals surface area contributed by atoms with Gasteiger partial charge in [0.1, 0.15) is 11.5 Å². The Balaban J connectivity index is 1.15. The Morgan fingerprint density at radius 2 is 1.67 bits per heavy atom. The van der Waals surface area contributed by atoms with Gasteiger partial charge in [-0.05, 0) is 91.2 Å². The van der Waals surface area contributed by atoms with Crippen molar-refractivity contribution in [2.24, 2.45) is 0 Å². The van der Waals surface area contributed by atoms with Crippen LogP contribution in [0.4, 0.5) is 4.39 Å². The van der Waals surface area contributed by atoms with Crippen LogP contribution >= 0.6 is 11.6 Å². The molecule has 0 spiro atoms. The first-order valence-electron chi connectivity index (χ1n) is 16.5. The van der Waals surface area contributed by atoms with Gasteiger partial charge >= 0.3 is 0 Å². The summed E-state index contributed by atoms with van der Waals surface area (Å²) < 4.78 is 19.2. The van der Waals surface area contributed by atoms with Gasteiger partial charge in [-0.15, -0.1) is 5.73 Å². The van der Waals surface area contributed by atoms with E-state index in [4.69, 9.17) is 16.6 Å². The minimum Gasteiger partial charge on any atom is -0.346 e. The third-order valence-corrected chi connectivity index (χ3v) is 9.88. The molecule has 8 aromatic rings. The number of allylic oxidation sites excluding steroid dienone is 5. The van der Waals surface area contributed by atoms with Gasteiger partial charge in [0.2, 0.25) is 0 Å². The summed E-state index contributed by atoms with van der Waals surface area (Å²) in [6.07, 6.45) is 15.1. The normalized spacial score (nSPS) is 13.2. The minimum atomic E-state index is -0.569. The highest BCUT2D eigenvalue weighted by atomic mass is 35.5. The lowest BCUT2D eigenvalue weighted by molar-refractivity contribution is 0.628. The number of nitrogens with one attached hydrogen (secondary N) is 1. The minimum absolute atomic E-state index is 0.0809. The van der Waals surface area contributed by atoms with Crippen LogP contribution in [-0.4, -0.2) is 33.6 Å². The standard InChI is InChI=1S/C41H27ClFN7O2/c1-23-4-3-5-29(14-24(23)2)50-38(52)16-26(33-20-46-41-31(40(33)50)12-13-44-41)15-27-21-48(22-47-27)28-8-10-36-32(17-28)39-25(19-45-36)6-11-37(51)49(39)30-7-9-35(43)34(42)18-30/h4-14,16-22H,15H2,1-2H3,(H,44,46). The Bertz CT molecular complexity index is 3080. The second-order valence-corrected chi connectivity index (χ2v) is 13.2. The van der Waals surface area contributed by atoms with Gasteiger partial charge in [0.15, 0.2) is 0 Å². The summed E-state index contributed by atoms with van der Waals surface area (Å²) in [5.74, 6) is -0.569. The number of hydrogen-bond acceptors (Lipinski definition) is 5. The van der Waals surface area contributed by atoms with E-state index in [-0.39, 0.29) is 16.1 Å². The second-order valence-electron chi connectivity index (χ2n) is 12.8. The molecule has 1 aliphatic rings. The molecule has 9 nitrogen and oxygen atoms in total. The Morgan fingerprint density at radius 3 is 2.54 bits per heavy atom. The maximum atomic E-state index is 14.1. The highest BCUT2D eigenvalue weighted by Crippen LogP contribution is 2.31. The highest BCUT2D eigenvalue weighted by molar-refractivity contribution is 6.31. The van der Waals surface area contributed by atoms with Crippen LogP contribution in [0, 0.1) is 5.82 Å². The number of hydrogen-bond donors (Lipinski definition) is 1. The topological polar surface area (TPSA) is 103 Å². The molecule has 2 aromatic carbocycles. The van der Waals surface area contributed by atoms with Crippen LogP contribution in [0.1, 0.15) is 25.1 Å². The number of nitrogens with zero attached hydrogens (tertiary/aromatic N) is 6. The largest absolute Gasteiger partial charge is 0.346 e. The number of aromatic nitrogens is 7.